The number of carbonyl (C=O) groups is 1. The average Bonchev–Trinajstić information content (AvgIpc) is 2.55. The van der Waals surface area contributed by atoms with Gasteiger partial charge in [0.15, 0.2) is 0 Å². The molecule has 0 aliphatic rings. The Morgan fingerprint density at radius 2 is 1.82 bits per heavy atom. The lowest BCUT2D eigenvalue weighted by molar-refractivity contribution is -0.120. The number of nitrogens with one attached hydrogen (secondary N) is 1. The molecule has 1 N–H and O–H groups in total. The molecule has 0 fully saturated rings. The average molecular weight is 320 g/mol. The molecule has 2 rings (SSSR count). The summed E-state index contributed by atoms with van der Waals surface area (Å²) in [4.78, 5) is 12.0. The lowest BCUT2D eigenvalue weighted by Gasteiger charge is -2.11. The van der Waals surface area contributed by atoms with Crippen LogP contribution in [0, 0.1) is 0 Å². The molecule has 4 nitrogen and oxygen atoms in total. The minimum Gasteiger partial charge on any atom is -0.497 e. The second-order valence-corrected chi connectivity index (χ2v) is 5.19. The fourth-order valence-electron chi connectivity index (χ4n) is 2.04. The molecular weight excluding hydrogens is 302 g/mol. The van der Waals surface area contributed by atoms with Gasteiger partial charge in [-0.15, -0.1) is 0 Å². The van der Waals surface area contributed by atoms with Crippen molar-refractivity contribution in [3.63, 3.8) is 0 Å². The smallest absolute Gasteiger partial charge is 0.224 e. The van der Waals surface area contributed by atoms with E-state index >= 15 is 0 Å². The molecule has 0 aliphatic carbocycles. The minimum absolute atomic E-state index is 0.0554. The first-order valence-electron chi connectivity index (χ1n) is 6.84. The quantitative estimate of drug-likeness (QED) is 0.889. The third-order valence-corrected chi connectivity index (χ3v) is 3.50. The highest BCUT2D eigenvalue weighted by Crippen LogP contribution is 2.24. The van der Waals surface area contributed by atoms with E-state index in [1.54, 1.807) is 32.4 Å². The first-order chi connectivity index (χ1) is 10.6. The van der Waals surface area contributed by atoms with E-state index in [-0.39, 0.29) is 5.91 Å². The molecule has 116 valence electrons. The lowest BCUT2D eigenvalue weighted by Crippen LogP contribution is -2.24. The van der Waals surface area contributed by atoms with Crippen LogP contribution < -0.4 is 14.8 Å². The Balaban J connectivity index is 1.94. The number of halogens is 1. The van der Waals surface area contributed by atoms with Gasteiger partial charge in [-0.2, -0.15) is 0 Å². The summed E-state index contributed by atoms with van der Waals surface area (Å²) in [6.45, 7) is 0.402. The molecule has 0 spiro atoms. The van der Waals surface area contributed by atoms with Gasteiger partial charge in [0.25, 0.3) is 0 Å². The van der Waals surface area contributed by atoms with E-state index < -0.39 is 0 Å². The number of amides is 1. The first-order valence-corrected chi connectivity index (χ1v) is 7.22. The van der Waals surface area contributed by atoms with Crippen LogP contribution in [0.2, 0.25) is 5.02 Å². The molecule has 0 radical (unpaired) electrons. The highest BCUT2D eigenvalue weighted by Gasteiger charge is 2.08. The van der Waals surface area contributed by atoms with Gasteiger partial charge in [0.1, 0.15) is 11.5 Å². The van der Waals surface area contributed by atoms with Crippen molar-refractivity contribution < 1.29 is 14.3 Å². The summed E-state index contributed by atoms with van der Waals surface area (Å²) in [5.74, 6) is 1.35. The predicted octanol–water partition coefficient (Wildman–Crippen LogP) is 3.22. The van der Waals surface area contributed by atoms with Gasteiger partial charge in [0.2, 0.25) is 5.91 Å². The Bertz CT molecular complexity index is 641. The van der Waals surface area contributed by atoms with Crippen LogP contribution in [0.25, 0.3) is 0 Å². The third-order valence-electron chi connectivity index (χ3n) is 3.25. The zero-order chi connectivity index (χ0) is 15.9. The summed E-state index contributed by atoms with van der Waals surface area (Å²) in [7, 11) is 3.19. The molecule has 0 atom stereocenters. The van der Waals surface area contributed by atoms with Crippen molar-refractivity contribution in [1.82, 2.24) is 5.32 Å². The largest absolute Gasteiger partial charge is 0.497 e. The molecule has 2 aromatic carbocycles. The van der Waals surface area contributed by atoms with E-state index in [4.69, 9.17) is 21.1 Å². The van der Waals surface area contributed by atoms with Crippen molar-refractivity contribution in [2.45, 2.75) is 13.0 Å². The molecule has 0 saturated heterocycles. The maximum Gasteiger partial charge on any atom is 0.224 e. The van der Waals surface area contributed by atoms with E-state index in [1.165, 1.54) is 0 Å². The maximum absolute atomic E-state index is 12.0. The Morgan fingerprint density at radius 1 is 1.09 bits per heavy atom. The molecule has 0 heterocycles. The molecular formula is C17H18ClNO3. The predicted molar refractivity (Wildman–Crippen MR) is 86.5 cm³/mol. The zero-order valence-electron chi connectivity index (χ0n) is 12.6. The summed E-state index contributed by atoms with van der Waals surface area (Å²) >= 11 is 5.82. The van der Waals surface area contributed by atoms with Crippen molar-refractivity contribution >= 4 is 17.5 Å². The fourth-order valence-corrected chi connectivity index (χ4v) is 2.17. The standard InChI is InChI=1S/C17H18ClNO3/c1-21-15-8-5-13(16(10-15)22-2)11-19-17(20)9-12-3-6-14(18)7-4-12/h3-8,10H,9,11H2,1-2H3,(H,19,20). The Labute approximate surface area is 135 Å². The summed E-state index contributed by atoms with van der Waals surface area (Å²) in [5.41, 5.74) is 1.82. The van der Waals surface area contributed by atoms with Gasteiger partial charge >= 0.3 is 0 Å². The summed E-state index contributed by atoms with van der Waals surface area (Å²) in [6.07, 6.45) is 0.315. The van der Waals surface area contributed by atoms with Crippen LogP contribution in [0.5, 0.6) is 11.5 Å². The van der Waals surface area contributed by atoms with Crippen molar-refractivity contribution in [2.24, 2.45) is 0 Å². The molecule has 0 unspecified atom stereocenters. The van der Waals surface area contributed by atoms with E-state index in [0.717, 1.165) is 11.1 Å². The van der Waals surface area contributed by atoms with Crippen molar-refractivity contribution in [3.8, 4) is 11.5 Å². The van der Waals surface area contributed by atoms with Crippen LogP contribution in [0.1, 0.15) is 11.1 Å². The monoisotopic (exact) mass is 319 g/mol. The molecule has 0 aliphatic heterocycles. The lowest BCUT2D eigenvalue weighted by atomic mass is 10.1. The van der Waals surface area contributed by atoms with Gasteiger partial charge in [-0.25, -0.2) is 0 Å². The van der Waals surface area contributed by atoms with E-state index in [9.17, 15) is 4.79 Å². The molecule has 5 heteroatoms. The second-order valence-electron chi connectivity index (χ2n) is 4.76. The number of hydrogen-bond acceptors (Lipinski definition) is 3. The van der Waals surface area contributed by atoms with Crippen molar-refractivity contribution in [1.29, 1.82) is 0 Å². The van der Waals surface area contributed by atoms with Crippen LogP contribution >= 0.6 is 11.6 Å². The summed E-state index contributed by atoms with van der Waals surface area (Å²) < 4.78 is 10.5. The molecule has 22 heavy (non-hydrogen) atoms. The number of hydrogen-bond donors (Lipinski definition) is 1. The molecule has 1 amide bonds. The molecule has 0 bridgehead atoms. The van der Waals surface area contributed by atoms with Gasteiger partial charge in [0.05, 0.1) is 20.6 Å². The number of methoxy groups -OCH3 is 2. The van der Waals surface area contributed by atoms with Gasteiger partial charge in [-0.05, 0) is 29.8 Å². The van der Waals surface area contributed by atoms with Gasteiger partial charge in [-0.1, -0.05) is 23.7 Å². The SMILES string of the molecule is COc1ccc(CNC(=O)Cc2ccc(Cl)cc2)c(OC)c1. The highest BCUT2D eigenvalue weighted by atomic mass is 35.5. The minimum atomic E-state index is -0.0554. The highest BCUT2D eigenvalue weighted by molar-refractivity contribution is 6.30. The Morgan fingerprint density at radius 3 is 2.45 bits per heavy atom. The van der Waals surface area contributed by atoms with E-state index in [0.29, 0.717) is 29.5 Å². The van der Waals surface area contributed by atoms with Crippen LogP contribution in [-0.2, 0) is 17.8 Å². The number of rotatable bonds is 6. The van der Waals surface area contributed by atoms with E-state index in [1.807, 2.05) is 24.3 Å². The third kappa shape index (κ3) is 4.40. The topological polar surface area (TPSA) is 47.6 Å². The van der Waals surface area contributed by atoms with Gasteiger partial charge < -0.3 is 14.8 Å². The van der Waals surface area contributed by atoms with Crippen LogP contribution in [0.3, 0.4) is 0 Å². The van der Waals surface area contributed by atoms with Crippen LogP contribution in [-0.4, -0.2) is 20.1 Å². The maximum atomic E-state index is 12.0. The molecule has 0 saturated carbocycles. The van der Waals surface area contributed by atoms with E-state index in [2.05, 4.69) is 5.32 Å². The van der Waals surface area contributed by atoms with Crippen LogP contribution in [0.4, 0.5) is 0 Å². The summed E-state index contributed by atoms with van der Waals surface area (Å²) in [5, 5.41) is 3.54. The Kier molecular flexibility index (Phi) is 5.67. The van der Waals surface area contributed by atoms with Crippen molar-refractivity contribution in [3.05, 3.63) is 58.6 Å². The zero-order valence-corrected chi connectivity index (χ0v) is 13.3. The van der Waals surface area contributed by atoms with Crippen LogP contribution in [0.15, 0.2) is 42.5 Å². The first kappa shape index (κ1) is 16.2. The molecule has 2 aromatic rings. The number of ether oxygens (including phenoxy) is 2. The molecule has 0 aromatic heterocycles. The Hall–Kier alpha value is -2.20. The summed E-state index contributed by atoms with van der Waals surface area (Å²) in [6, 6.07) is 12.7. The van der Waals surface area contributed by atoms with Crippen molar-refractivity contribution in [2.75, 3.05) is 14.2 Å². The van der Waals surface area contributed by atoms with Gasteiger partial charge in [-0.3, -0.25) is 4.79 Å². The second kappa shape index (κ2) is 7.71. The number of benzene rings is 2. The normalized spacial score (nSPS) is 10.1. The van der Waals surface area contributed by atoms with Gasteiger partial charge in [0, 0.05) is 23.2 Å². The number of carbonyl (C=O) groups excluding carboxylic acids is 1. The fraction of sp³-hybridized carbons (Fsp3) is 0.235.